The number of benzene rings is 5. The van der Waals surface area contributed by atoms with Crippen LogP contribution >= 0.6 is 0 Å². The van der Waals surface area contributed by atoms with E-state index in [1.165, 1.54) is 44.4 Å². The lowest BCUT2D eigenvalue weighted by Crippen LogP contribution is -2.31. The second-order valence-electron chi connectivity index (χ2n) is 19.6. The third-order valence-electron chi connectivity index (χ3n) is 11.8. The molecule has 5 nitrogen and oxygen atoms in total. The third kappa shape index (κ3) is 7.39. The summed E-state index contributed by atoms with van der Waals surface area (Å²) in [6.07, 6.45) is 4.24. The molecule has 2 aromatic heterocycles. The first-order valence-corrected chi connectivity index (χ1v) is 20.6. The van der Waals surface area contributed by atoms with E-state index in [-0.39, 0.29) is 21.7 Å². The fourth-order valence-corrected chi connectivity index (χ4v) is 8.19. The van der Waals surface area contributed by atoms with Crippen molar-refractivity contribution >= 4 is 33.2 Å². The van der Waals surface area contributed by atoms with Crippen molar-refractivity contribution in [3.8, 4) is 17.3 Å². The molecule has 1 aliphatic heterocycles. The Kier molecular flexibility index (Phi) is 9.58. The molecule has 0 aliphatic carbocycles. The van der Waals surface area contributed by atoms with Gasteiger partial charge in [-0.2, -0.15) is 0 Å². The number of hydrogen-bond acceptors (Lipinski definition) is 4. The van der Waals surface area contributed by atoms with Crippen molar-refractivity contribution in [1.82, 2.24) is 9.55 Å². The second-order valence-corrected chi connectivity index (χ2v) is 19.6. The maximum atomic E-state index is 6.74. The van der Waals surface area contributed by atoms with Gasteiger partial charge in [-0.05, 0) is 93.7 Å². The van der Waals surface area contributed by atoms with Crippen molar-refractivity contribution in [2.75, 3.05) is 16.5 Å². The predicted molar refractivity (Wildman–Crippen MR) is 245 cm³/mol. The van der Waals surface area contributed by atoms with Gasteiger partial charge in [0.05, 0.1) is 17.7 Å². The Hall–Kier alpha value is -5.81. The fraction of sp³-hybridized carbons (Fsp3) is 0.302. The first kappa shape index (κ1) is 39.0. The van der Waals surface area contributed by atoms with Crippen LogP contribution in [0.15, 0.2) is 145 Å². The predicted octanol–water partition coefficient (Wildman–Crippen LogP) is 14.1. The van der Waals surface area contributed by atoms with E-state index in [1.54, 1.807) is 0 Å². The van der Waals surface area contributed by atoms with Crippen molar-refractivity contribution in [3.05, 3.63) is 168 Å². The zero-order chi connectivity index (χ0) is 41.2. The minimum absolute atomic E-state index is 0.00628. The molecule has 3 heterocycles. The molecule has 1 aliphatic rings. The van der Waals surface area contributed by atoms with Gasteiger partial charge in [0.25, 0.3) is 0 Å². The molecule has 0 unspecified atom stereocenters. The van der Waals surface area contributed by atoms with Crippen LogP contribution in [0, 0.1) is 5.41 Å². The largest absolute Gasteiger partial charge is 0.457 e. The van der Waals surface area contributed by atoms with Gasteiger partial charge in [-0.1, -0.05) is 131 Å². The summed E-state index contributed by atoms with van der Waals surface area (Å²) in [5, 5.41) is 2.39. The number of fused-ring (bicyclic) bond motifs is 3. The molecular weight excluding hydrogens is 709 g/mol. The summed E-state index contributed by atoms with van der Waals surface area (Å²) < 4.78 is 9.03. The summed E-state index contributed by atoms with van der Waals surface area (Å²) in [5.74, 6) is 2.48. The maximum Gasteiger partial charge on any atom is 0.137 e. The standard InChI is InChI=1S/C53H58N4O/c1-50(2,3)37-23-26-46-45(30-37)44-25-24-43(33-47(44)57(46)49-31-38(27-28-54-49)51(4,5)6)58-42-22-16-20-40(32-42)55-34-48(52(7,8)9)56(35-55)41-21-15-19-39(29-41)53(10,11)36-17-13-12-14-18-36/h12-34H,35H2,1-11H3. The molecule has 7 aromatic rings. The molecule has 0 saturated carbocycles. The van der Waals surface area contributed by atoms with Crippen LogP contribution in [0.3, 0.4) is 0 Å². The molecule has 0 fully saturated rings. The molecule has 58 heavy (non-hydrogen) atoms. The lowest BCUT2D eigenvalue weighted by Gasteiger charge is -2.32. The van der Waals surface area contributed by atoms with E-state index in [4.69, 9.17) is 9.72 Å². The first-order valence-electron chi connectivity index (χ1n) is 20.6. The number of aromatic nitrogens is 2. The fourth-order valence-electron chi connectivity index (χ4n) is 8.19. The molecule has 0 atom stereocenters. The summed E-state index contributed by atoms with van der Waals surface area (Å²) in [7, 11) is 0. The number of hydrogen-bond donors (Lipinski definition) is 0. The molecule has 0 spiro atoms. The first-order chi connectivity index (χ1) is 27.4. The molecule has 0 amide bonds. The summed E-state index contributed by atoms with van der Waals surface area (Å²) in [6.45, 7) is 25.8. The highest BCUT2D eigenvalue weighted by molar-refractivity contribution is 6.09. The maximum absolute atomic E-state index is 6.74. The lowest BCUT2D eigenvalue weighted by atomic mass is 9.78. The monoisotopic (exact) mass is 766 g/mol. The number of allylic oxidation sites excluding steroid dienone is 1. The molecule has 296 valence electrons. The number of pyridine rings is 1. The van der Waals surface area contributed by atoms with Crippen molar-refractivity contribution < 1.29 is 4.74 Å². The van der Waals surface area contributed by atoms with E-state index in [9.17, 15) is 0 Å². The van der Waals surface area contributed by atoms with E-state index >= 15 is 0 Å². The molecule has 8 rings (SSSR count). The average Bonchev–Trinajstić information content (AvgIpc) is 3.78. The molecule has 5 aromatic carbocycles. The van der Waals surface area contributed by atoms with Crippen molar-refractivity contribution in [2.24, 2.45) is 5.41 Å². The van der Waals surface area contributed by atoms with E-state index in [0.29, 0.717) is 6.67 Å². The Morgan fingerprint density at radius 3 is 1.90 bits per heavy atom. The minimum atomic E-state index is -0.131. The normalized spacial score (nSPS) is 14.1. The van der Waals surface area contributed by atoms with E-state index < -0.39 is 0 Å². The molecule has 0 saturated heterocycles. The van der Waals surface area contributed by atoms with Gasteiger partial charge in [-0.3, -0.25) is 4.57 Å². The van der Waals surface area contributed by atoms with Gasteiger partial charge in [0.2, 0.25) is 0 Å². The number of anilines is 2. The van der Waals surface area contributed by atoms with E-state index in [1.807, 2.05) is 12.3 Å². The third-order valence-corrected chi connectivity index (χ3v) is 11.8. The van der Waals surface area contributed by atoms with Gasteiger partial charge in [-0.25, -0.2) is 4.98 Å². The summed E-state index contributed by atoms with van der Waals surface area (Å²) in [5.41, 5.74) is 10.7. The average molecular weight is 767 g/mol. The van der Waals surface area contributed by atoms with Crippen LogP contribution in [-0.4, -0.2) is 16.2 Å². The van der Waals surface area contributed by atoms with Gasteiger partial charge in [-0.15, -0.1) is 0 Å². The highest BCUT2D eigenvalue weighted by atomic mass is 16.5. The Balaban J connectivity index is 1.14. The van der Waals surface area contributed by atoms with Crippen LogP contribution in [0.25, 0.3) is 27.6 Å². The Morgan fingerprint density at radius 2 is 1.17 bits per heavy atom. The Morgan fingerprint density at radius 1 is 0.500 bits per heavy atom. The van der Waals surface area contributed by atoms with Crippen molar-refractivity contribution in [3.63, 3.8) is 0 Å². The topological polar surface area (TPSA) is 33.5 Å². The minimum Gasteiger partial charge on any atom is -0.457 e. The van der Waals surface area contributed by atoms with Crippen LogP contribution in [0.1, 0.15) is 98.4 Å². The highest BCUT2D eigenvalue weighted by Crippen LogP contribution is 2.42. The van der Waals surface area contributed by atoms with E-state index in [2.05, 4.69) is 218 Å². The van der Waals surface area contributed by atoms with Gasteiger partial charge >= 0.3 is 0 Å². The molecule has 0 radical (unpaired) electrons. The molecule has 0 bridgehead atoms. The van der Waals surface area contributed by atoms with Gasteiger partial charge in [0, 0.05) is 63.2 Å². The highest BCUT2D eigenvalue weighted by Gasteiger charge is 2.33. The molecule has 0 N–H and O–H groups in total. The quantitative estimate of drug-likeness (QED) is 0.162. The van der Waals surface area contributed by atoms with Gasteiger partial charge < -0.3 is 14.5 Å². The lowest BCUT2D eigenvalue weighted by molar-refractivity contribution is 0.483. The van der Waals surface area contributed by atoms with Gasteiger partial charge in [0.15, 0.2) is 0 Å². The van der Waals surface area contributed by atoms with Crippen LogP contribution in [0.5, 0.6) is 11.5 Å². The Labute approximate surface area is 345 Å². The summed E-state index contributed by atoms with van der Waals surface area (Å²) in [6, 6.07) is 46.0. The smallest absolute Gasteiger partial charge is 0.137 e. The SMILES string of the molecule is CC(C)(C)C1=CN(c2cccc(Oc3ccc4c5cc(C(C)(C)C)ccc5n(-c5cc(C(C)(C)C)ccn5)c4c3)c2)CN1c1cccc(C(C)(C)c2ccccc2)c1. The van der Waals surface area contributed by atoms with Crippen LogP contribution in [-0.2, 0) is 16.2 Å². The summed E-state index contributed by atoms with van der Waals surface area (Å²) >= 11 is 0. The zero-order valence-electron chi connectivity index (χ0n) is 36.2. The van der Waals surface area contributed by atoms with Gasteiger partial charge in [0.1, 0.15) is 17.3 Å². The molecular formula is C53H58N4O. The van der Waals surface area contributed by atoms with E-state index in [0.717, 1.165) is 34.0 Å². The number of ether oxygens (including phenoxy) is 1. The van der Waals surface area contributed by atoms with Crippen LogP contribution in [0.4, 0.5) is 11.4 Å². The molecule has 5 heteroatoms. The van der Waals surface area contributed by atoms with Crippen LogP contribution in [0.2, 0.25) is 0 Å². The Bertz CT molecular complexity index is 2660. The van der Waals surface area contributed by atoms with Crippen molar-refractivity contribution in [2.45, 2.75) is 92.4 Å². The van der Waals surface area contributed by atoms with Crippen LogP contribution < -0.4 is 14.5 Å². The van der Waals surface area contributed by atoms with Crippen molar-refractivity contribution in [1.29, 1.82) is 0 Å². The summed E-state index contributed by atoms with van der Waals surface area (Å²) in [4.78, 5) is 9.72. The number of nitrogens with zero attached hydrogens (tertiary/aromatic N) is 4. The number of rotatable bonds is 7. The zero-order valence-corrected chi connectivity index (χ0v) is 36.2. The second kappa shape index (κ2) is 14.2.